The van der Waals surface area contributed by atoms with Crippen LogP contribution in [0.25, 0.3) is 0 Å². The molecule has 0 unspecified atom stereocenters. The molecule has 0 bridgehead atoms. The van der Waals surface area contributed by atoms with Crippen molar-refractivity contribution in [3.8, 4) is 0 Å². The Morgan fingerprint density at radius 1 is 1.64 bits per heavy atom. The molecule has 1 aromatic rings. The van der Waals surface area contributed by atoms with Crippen molar-refractivity contribution in [2.45, 2.75) is 19.4 Å². The van der Waals surface area contributed by atoms with E-state index in [0.29, 0.717) is 12.0 Å². The Bertz CT molecular complexity index is 318. The second-order valence-corrected chi connectivity index (χ2v) is 3.08. The van der Waals surface area contributed by atoms with Crippen LogP contribution in [-0.4, -0.2) is 23.8 Å². The minimum atomic E-state index is 0.0489. The maximum Gasteiger partial charge on any atom is 0.219 e. The molecule has 0 saturated heterocycles. The molecule has 0 saturated carbocycles. The van der Waals surface area contributed by atoms with Crippen molar-refractivity contribution >= 4 is 12.2 Å². The molecular weight excluding hydrogens is 180 g/mol. The zero-order valence-corrected chi connectivity index (χ0v) is 8.19. The number of hydrogen-bond donors (Lipinski definition) is 1. The normalized spacial score (nSPS) is 9.79. The summed E-state index contributed by atoms with van der Waals surface area (Å²) < 4.78 is 1.91. The van der Waals surface area contributed by atoms with Crippen LogP contribution in [0.4, 0.5) is 0 Å². The number of nitrogens with one attached hydrogen (secondary N) is 1. The topological polar surface area (TPSA) is 51.1 Å². The Kier molecular flexibility index (Phi) is 3.91. The number of aryl methyl sites for hydroxylation is 1. The summed E-state index contributed by atoms with van der Waals surface area (Å²) in [5.41, 5.74) is 0.671. The highest BCUT2D eigenvalue weighted by molar-refractivity contribution is 5.75. The number of hydrogen-bond acceptors (Lipinski definition) is 2. The van der Waals surface area contributed by atoms with Gasteiger partial charge in [0, 0.05) is 38.0 Å². The molecule has 1 N–H and O–H groups in total. The van der Waals surface area contributed by atoms with E-state index < -0.39 is 0 Å². The van der Waals surface area contributed by atoms with E-state index in [9.17, 15) is 9.59 Å². The molecule has 0 atom stereocenters. The fourth-order valence-electron chi connectivity index (χ4n) is 1.22. The quantitative estimate of drug-likeness (QED) is 0.706. The molecular formula is C10H14N2O2. The predicted octanol–water partition coefficient (Wildman–Crippen LogP) is 0.827. The van der Waals surface area contributed by atoms with Gasteiger partial charge in [-0.2, -0.15) is 0 Å². The molecule has 1 amide bonds. The lowest BCUT2D eigenvalue weighted by molar-refractivity contribution is -0.120. The van der Waals surface area contributed by atoms with Gasteiger partial charge in [0.05, 0.1) is 0 Å². The standard InChI is InChI=1S/C10H14N2O2/c1-11-10(14)3-2-5-12-6-4-9(7-12)8-13/h4,6-8H,2-3,5H2,1H3,(H,11,14). The first kappa shape index (κ1) is 10.5. The lowest BCUT2D eigenvalue weighted by Crippen LogP contribution is -2.17. The highest BCUT2D eigenvalue weighted by Gasteiger charge is 1.98. The Hall–Kier alpha value is -1.58. The van der Waals surface area contributed by atoms with Crippen molar-refractivity contribution in [3.63, 3.8) is 0 Å². The van der Waals surface area contributed by atoms with Crippen LogP contribution < -0.4 is 5.32 Å². The average molecular weight is 194 g/mol. The summed E-state index contributed by atoms with van der Waals surface area (Å²) in [5, 5.41) is 2.56. The van der Waals surface area contributed by atoms with Crippen molar-refractivity contribution in [2.75, 3.05) is 7.05 Å². The summed E-state index contributed by atoms with van der Waals surface area (Å²) in [5.74, 6) is 0.0489. The van der Waals surface area contributed by atoms with E-state index in [1.165, 1.54) is 0 Å². The second-order valence-electron chi connectivity index (χ2n) is 3.08. The summed E-state index contributed by atoms with van der Waals surface area (Å²) in [6, 6.07) is 1.76. The van der Waals surface area contributed by atoms with E-state index in [0.717, 1.165) is 19.3 Å². The maximum absolute atomic E-state index is 10.9. The van der Waals surface area contributed by atoms with Crippen molar-refractivity contribution in [1.82, 2.24) is 9.88 Å². The Morgan fingerprint density at radius 2 is 2.43 bits per heavy atom. The number of carbonyl (C=O) groups is 2. The van der Waals surface area contributed by atoms with Crippen molar-refractivity contribution < 1.29 is 9.59 Å². The van der Waals surface area contributed by atoms with E-state index in [1.54, 1.807) is 19.3 Å². The molecule has 0 radical (unpaired) electrons. The maximum atomic E-state index is 10.9. The minimum absolute atomic E-state index is 0.0489. The van der Waals surface area contributed by atoms with Gasteiger partial charge in [0.2, 0.25) is 5.91 Å². The van der Waals surface area contributed by atoms with Crippen LogP contribution in [0.2, 0.25) is 0 Å². The van der Waals surface area contributed by atoms with Crippen LogP contribution >= 0.6 is 0 Å². The van der Waals surface area contributed by atoms with Gasteiger partial charge in [-0.3, -0.25) is 9.59 Å². The number of amides is 1. The molecule has 1 heterocycles. The zero-order valence-electron chi connectivity index (χ0n) is 8.19. The lowest BCUT2D eigenvalue weighted by atomic mass is 10.3. The molecule has 0 aliphatic heterocycles. The third kappa shape index (κ3) is 3.05. The second kappa shape index (κ2) is 5.21. The van der Waals surface area contributed by atoms with E-state index in [2.05, 4.69) is 5.32 Å². The highest BCUT2D eigenvalue weighted by Crippen LogP contribution is 2.00. The molecule has 14 heavy (non-hydrogen) atoms. The van der Waals surface area contributed by atoms with Crippen LogP contribution in [0.3, 0.4) is 0 Å². The van der Waals surface area contributed by atoms with Crippen LogP contribution in [0, 0.1) is 0 Å². The fourth-order valence-corrected chi connectivity index (χ4v) is 1.22. The van der Waals surface area contributed by atoms with Gasteiger partial charge in [-0.05, 0) is 12.5 Å². The third-order valence-electron chi connectivity index (χ3n) is 2.01. The van der Waals surface area contributed by atoms with E-state index in [4.69, 9.17) is 0 Å². The molecule has 1 rings (SSSR count). The largest absolute Gasteiger partial charge is 0.359 e. The summed E-state index contributed by atoms with van der Waals surface area (Å²) in [7, 11) is 1.63. The van der Waals surface area contributed by atoms with Gasteiger partial charge in [0.1, 0.15) is 0 Å². The molecule has 0 aliphatic rings. The number of nitrogens with zero attached hydrogens (tertiary/aromatic N) is 1. The van der Waals surface area contributed by atoms with Gasteiger partial charge in [-0.15, -0.1) is 0 Å². The first-order valence-electron chi connectivity index (χ1n) is 4.58. The molecule has 76 valence electrons. The number of carbonyl (C=O) groups excluding carboxylic acids is 2. The molecule has 0 spiro atoms. The van der Waals surface area contributed by atoms with Gasteiger partial charge in [-0.25, -0.2) is 0 Å². The fraction of sp³-hybridized carbons (Fsp3) is 0.400. The Labute approximate surface area is 82.9 Å². The van der Waals surface area contributed by atoms with Crippen LogP contribution in [0.1, 0.15) is 23.2 Å². The summed E-state index contributed by atoms with van der Waals surface area (Å²) in [6.45, 7) is 0.765. The van der Waals surface area contributed by atoms with Gasteiger partial charge in [0.25, 0.3) is 0 Å². The van der Waals surface area contributed by atoms with Crippen molar-refractivity contribution in [2.24, 2.45) is 0 Å². The zero-order chi connectivity index (χ0) is 10.4. The molecule has 0 aromatic carbocycles. The first-order valence-corrected chi connectivity index (χ1v) is 4.58. The van der Waals surface area contributed by atoms with Crippen LogP contribution in [0.15, 0.2) is 18.5 Å². The van der Waals surface area contributed by atoms with Gasteiger partial charge < -0.3 is 9.88 Å². The van der Waals surface area contributed by atoms with Gasteiger partial charge in [0.15, 0.2) is 6.29 Å². The van der Waals surface area contributed by atoms with E-state index >= 15 is 0 Å². The lowest BCUT2D eigenvalue weighted by Gasteiger charge is -2.01. The average Bonchev–Trinajstić information content (AvgIpc) is 2.65. The summed E-state index contributed by atoms with van der Waals surface area (Å²) in [4.78, 5) is 21.3. The van der Waals surface area contributed by atoms with Gasteiger partial charge >= 0.3 is 0 Å². The van der Waals surface area contributed by atoms with Crippen LogP contribution in [0.5, 0.6) is 0 Å². The smallest absolute Gasteiger partial charge is 0.219 e. The Morgan fingerprint density at radius 3 is 3.00 bits per heavy atom. The van der Waals surface area contributed by atoms with Crippen molar-refractivity contribution in [1.29, 1.82) is 0 Å². The van der Waals surface area contributed by atoms with Crippen molar-refractivity contribution in [3.05, 3.63) is 24.0 Å². The molecule has 4 nitrogen and oxygen atoms in total. The molecule has 4 heteroatoms. The number of aldehydes is 1. The molecule has 0 aliphatic carbocycles. The molecule has 0 fully saturated rings. The number of rotatable bonds is 5. The SMILES string of the molecule is CNC(=O)CCCn1ccc(C=O)c1. The molecule has 1 aromatic heterocycles. The van der Waals surface area contributed by atoms with E-state index in [-0.39, 0.29) is 5.91 Å². The minimum Gasteiger partial charge on any atom is -0.359 e. The highest BCUT2D eigenvalue weighted by atomic mass is 16.1. The summed E-state index contributed by atoms with van der Waals surface area (Å²) in [6.07, 6.45) is 5.73. The van der Waals surface area contributed by atoms with E-state index in [1.807, 2.05) is 10.8 Å². The summed E-state index contributed by atoms with van der Waals surface area (Å²) >= 11 is 0. The first-order chi connectivity index (χ1) is 6.76. The third-order valence-corrected chi connectivity index (χ3v) is 2.01. The van der Waals surface area contributed by atoms with Crippen LogP contribution in [-0.2, 0) is 11.3 Å². The van der Waals surface area contributed by atoms with Gasteiger partial charge in [-0.1, -0.05) is 0 Å². The monoisotopic (exact) mass is 194 g/mol. The predicted molar refractivity (Wildman–Crippen MR) is 53.1 cm³/mol. The Balaban J connectivity index is 2.31. The number of aromatic nitrogens is 1.